The first-order valence-electron chi connectivity index (χ1n) is 4.83. The minimum atomic E-state index is -3.77. The average Bonchev–Trinajstić information content (AvgIpc) is 2.45. The molecule has 14 heavy (non-hydrogen) atoms. The van der Waals surface area contributed by atoms with Crippen molar-refractivity contribution in [3.8, 4) is 0 Å². The van der Waals surface area contributed by atoms with Gasteiger partial charge in [-0.25, -0.2) is 8.37 Å². The highest BCUT2D eigenvalue weighted by Gasteiger charge is 2.30. The molecule has 0 aromatic carbocycles. The smallest absolute Gasteiger partial charge is 0.349 e. The molecule has 1 unspecified atom stereocenters. The van der Waals surface area contributed by atoms with Gasteiger partial charge in [0.15, 0.2) is 0 Å². The van der Waals surface area contributed by atoms with Crippen LogP contribution in [0.25, 0.3) is 0 Å². The molecule has 1 aliphatic rings. The zero-order valence-corrected chi connectivity index (χ0v) is 9.09. The van der Waals surface area contributed by atoms with E-state index in [0.29, 0.717) is 6.61 Å². The Morgan fingerprint density at radius 2 is 2.14 bits per heavy atom. The summed E-state index contributed by atoms with van der Waals surface area (Å²) in [5, 5.41) is 0. The first-order chi connectivity index (χ1) is 6.64. The van der Waals surface area contributed by atoms with Gasteiger partial charge >= 0.3 is 10.4 Å². The summed E-state index contributed by atoms with van der Waals surface area (Å²) in [4.78, 5) is 0. The summed E-state index contributed by atoms with van der Waals surface area (Å²) < 4.78 is 35.3. The van der Waals surface area contributed by atoms with Crippen LogP contribution in [0.2, 0.25) is 0 Å². The second-order valence-corrected chi connectivity index (χ2v) is 4.39. The van der Waals surface area contributed by atoms with Crippen molar-refractivity contribution < 1.29 is 21.5 Å². The third kappa shape index (κ3) is 4.36. The summed E-state index contributed by atoms with van der Waals surface area (Å²) in [5.41, 5.74) is 0. The Bertz CT molecular complexity index is 248. The highest BCUT2D eigenvalue weighted by Crippen LogP contribution is 2.14. The molecule has 1 atom stereocenters. The van der Waals surface area contributed by atoms with E-state index in [-0.39, 0.29) is 6.61 Å². The number of hydrogen-bond acceptors (Lipinski definition) is 5. The summed E-state index contributed by atoms with van der Waals surface area (Å²) in [5.74, 6) is 0. The van der Waals surface area contributed by atoms with Crippen molar-refractivity contribution in [2.45, 2.75) is 38.9 Å². The van der Waals surface area contributed by atoms with E-state index in [1.807, 2.05) is 0 Å². The molecular formula is C8H16O5S. The second kappa shape index (κ2) is 5.65. The molecule has 6 heteroatoms. The van der Waals surface area contributed by atoms with E-state index in [1.165, 1.54) is 6.42 Å². The molecular weight excluding hydrogens is 208 g/mol. The van der Waals surface area contributed by atoms with E-state index in [0.717, 1.165) is 19.3 Å². The van der Waals surface area contributed by atoms with E-state index in [4.69, 9.17) is 4.74 Å². The van der Waals surface area contributed by atoms with Crippen LogP contribution in [0.5, 0.6) is 0 Å². The molecule has 0 radical (unpaired) electrons. The van der Waals surface area contributed by atoms with Crippen LogP contribution in [0.15, 0.2) is 0 Å². The van der Waals surface area contributed by atoms with Gasteiger partial charge in [0, 0.05) is 6.61 Å². The van der Waals surface area contributed by atoms with Crippen LogP contribution in [-0.2, 0) is 23.5 Å². The molecule has 1 heterocycles. The van der Waals surface area contributed by atoms with Crippen LogP contribution < -0.4 is 0 Å². The van der Waals surface area contributed by atoms with Gasteiger partial charge in [-0.2, -0.15) is 8.42 Å². The predicted octanol–water partition coefficient (Wildman–Crippen LogP) is 1.20. The van der Waals surface area contributed by atoms with Crippen molar-refractivity contribution in [2.24, 2.45) is 0 Å². The summed E-state index contributed by atoms with van der Waals surface area (Å²) in [6.07, 6.45) is 3.60. The fraction of sp³-hybridized carbons (Fsp3) is 1.00. The van der Waals surface area contributed by atoms with Gasteiger partial charge < -0.3 is 4.74 Å². The fourth-order valence-corrected chi connectivity index (χ4v) is 1.85. The second-order valence-electron chi connectivity index (χ2n) is 3.15. The zero-order chi connectivity index (χ0) is 10.4. The lowest BCUT2D eigenvalue weighted by atomic mass is 10.2. The number of unbranched alkanes of at least 4 members (excludes halogenated alkanes) is 3. The molecule has 0 spiro atoms. The highest BCUT2D eigenvalue weighted by atomic mass is 32.3. The fourth-order valence-electron chi connectivity index (χ4n) is 1.15. The molecule has 1 fully saturated rings. The van der Waals surface area contributed by atoms with Crippen LogP contribution in [0.4, 0.5) is 0 Å². The van der Waals surface area contributed by atoms with E-state index in [2.05, 4.69) is 15.3 Å². The Kier molecular flexibility index (Phi) is 4.80. The topological polar surface area (TPSA) is 61.8 Å². The first-order valence-corrected chi connectivity index (χ1v) is 6.16. The summed E-state index contributed by atoms with van der Waals surface area (Å²) in [6.45, 7) is 2.61. The van der Waals surface area contributed by atoms with Crippen LogP contribution in [0, 0.1) is 0 Å². The Labute approximate surface area is 84.7 Å². The Hall–Kier alpha value is -0.170. The summed E-state index contributed by atoms with van der Waals surface area (Å²) >= 11 is 0. The van der Waals surface area contributed by atoms with Crippen molar-refractivity contribution in [1.82, 2.24) is 0 Å². The molecule has 84 valence electrons. The Morgan fingerprint density at radius 3 is 2.71 bits per heavy atom. The number of hydrogen-bond donors (Lipinski definition) is 0. The van der Waals surface area contributed by atoms with Crippen molar-refractivity contribution in [2.75, 3.05) is 13.2 Å². The van der Waals surface area contributed by atoms with Gasteiger partial charge in [-0.3, -0.25) is 0 Å². The maximum absolute atomic E-state index is 10.7. The summed E-state index contributed by atoms with van der Waals surface area (Å²) in [6, 6.07) is 0. The third-order valence-electron chi connectivity index (χ3n) is 1.88. The monoisotopic (exact) mass is 224 g/mol. The summed E-state index contributed by atoms with van der Waals surface area (Å²) in [7, 11) is -3.77. The van der Waals surface area contributed by atoms with Gasteiger partial charge in [0.05, 0.1) is 0 Å². The van der Waals surface area contributed by atoms with Crippen molar-refractivity contribution in [3.63, 3.8) is 0 Å². The SMILES string of the molecule is CCCCCCOC1COS(=O)(=O)O1. The van der Waals surface area contributed by atoms with Gasteiger partial charge in [-0.15, -0.1) is 0 Å². The molecule has 0 aliphatic carbocycles. The molecule has 0 bridgehead atoms. The van der Waals surface area contributed by atoms with E-state index in [1.54, 1.807) is 0 Å². The quantitative estimate of drug-likeness (QED) is 0.634. The van der Waals surface area contributed by atoms with Gasteiger partial charge in [0.2, 0.25) is 6.29 Å². The normalized spacial score (nSPS) is 25.4. The minimum absolute atomic E-state index is 0.0316. The van der Waals surface area contributed by atoms with Gasteiger partial charge in [0.1, 0.15) is 6.61 Å². The molecule has 0 amide bonds. The number of ether oxygens (including phenoxy) is 1. The third-order valence-corrected chi connectivity index (χ3v) is 2.75. The lowest BCUT2D eigenvalue weighted by Crippen LogP contribution is -2.15. The molecule has 5 nitrogen and oxygen atoms in total. The molecule has 1 saturated heterocycles. The molecule has 0 saturated carbocycles. The predicted molar refractivity (Wildman–Crippen MR) is 49.8 cm³/mol. The Morgan fingerprint density at radius 1 is 1.36 bits per heavy atom. The zero-order valence-electron chi connectivity index (χ0n) is 8.27. The van der Waals surface area contributed by atoms with Gasteiger partial charge in [0.25, 0.3) is 0 Å². The van der Waals surface area contributed by atoms with E-state index < -0.39 is 16.7 Å². The maximum atomic E-state index is 10.7. The molecule has 1 rings (SSSR count). The lowest BCUT2D eigenvalue weighted by Gasteiger charge is -2.06. The van der Waals surface area contributed by atoms with Crippen molar-refractivity contribution in [1.29, 1.82) is 0 Å². The van der Waals surface area contributed by atoms with Gasteiger partial charge in [-0.05, 0) is 6.42 Å². The standard InChI is InChI=1S/C8H16O5S/c1-2-3-4-5-6-11-8-7-12-14(9,10)13-8/h8H,2-7H2,1H3. The highest BCUT2D eigenvalue weighted by molar-refractivity contribution is 7.82. The minimum Gasteiger partial charge on any atom is -0.349 e. The van der Waals surface area contributed by atoms with E-state index in [9.17, 15) is 8.42 Å². The van der Waals surface area contributed by atoms with Crippen LogP contribution in [0.3, 0.4) is 0 Å². The molecule has 1 aliphatic heterocycles. The van der Waals surface area contributed by atoms with Crippen LogP contribution in [0.1, 0.15) is 32.6 Å². The first kappa shape index (κ1) is 11.9. The molecule has 0 aromatic rings. The lowest BCUT2D eigenvalue weighted by molar-refractivity contribution is -0.0670. The van der Waals surface area contributed by atoms with Gasteiger partial charge in [-0.1, -0.05) is 26.2 Å². The average molecular weight is 224 g/mol. The Balaban J connectivity index is 2.03. The molecule has 0 aromatic heterocycles. The van der Waals surface area contributed by atoms with E-state index >= 15 is 0 Å². The van der Waals surface area contributed by atoms with Crippen LogP contribution >= 0.6 is 0 Å². The van der Waals surface area contributed by atoms with Crippen molar-refractivity contribution in [3.05, 3.63) is 0 Å². The molecule has 0 N–H and O–H groups in total. The maximum Gasteiger partial charge on any atom is 0.402 e. The number of rotatable bonds is 6. The largest absolute Gasteiger partial charge is 0.402 e. The van der Waals surface area contributed by atoms with Crippen LogP contribution in [-0.4, -0.2) is 27.9 Å². The van der Waals surface area contributed by atoms with Crippen molar-refractivity contribution >= 4 is 10.4 Å².